The molecule has 0 bridgehead atoms. The van der Waals surface area contributed by atoms with Crippen LogP contribution in [0.25, 0.3) is 0 Å². The molecule has 0 spiro atoms. The van der Waals surface area contributed by atoms with Gasteiger partial charge in [0, 0.05) is 23.7 Å². The summed E-state index contributed by atoms with van der Waals surface area (Å²) < 4.78 is 5.49. The van der Waals surface area contributed by atoms with Crippen molar-refractivity contribution in [2.24, 2.45) is 0 Å². The molecule has 1 fully saturated rings. The van der Waals surface area contributed by atoms with E-state index in [1.54, 1.807) is 6.20 Å². The van der Waals surface area contributed by atoms with Crippen molar-refractivity contribution in [3.8, 4) is 0 Å². The third kappa shape index (κ3) is 4.50. The van der Waals surface area contributed by atoms with Gasteiger partial charge in [-0.2, -0.15) is 5.10 Å². The number of hydrogen-bond acceptors (Lipinski definition) is 6. The topological polar surface area (TPSA) is 105 Å². The van der Waals surface area contributed by atoms with Gasteiger partial charge in [0.1, 0.15) is 11.9 Å². The van der Waals surface area contributed by atoms with Crippen molar-refractivity contribution in [1.82, 2.24) is 25.5 Å². The Balaban J connectivity index is 1.57. The zero-order chi connectivity index (χ0) is 18.7. The van der Waals surface area contributed by atoms with E-state index in [9.17, 15) is 4.79 Å². The molecule has 2 atom stereocenters. The number of amides is 1. The van der Waals surface area contributed by atoms with Gasteiger partial charge in [-0.05, 0) is 47.0 Å². The van der Waals surface area contributed by atoms with Crippen LogP contribution in [0.3, 0.4) is 0 Å². The van der Waals surface area contributed by atoms with Crippen molar-refractivity contribution in [3.05, 3.63) is 29.5 Å². The average molecular weight is 358 g/mol. The maximum absolute atomic E-state index is 11.7. The molecule has 140 valence electrons. The van der Waals surface area contributed by atoms with Crippen LogP contribution in [-0.4, -0.2) is 38.4 Å². The minimum absolute atomic E-state index is 0.0498. The van der Waals surface area contributed by atoms with Gasteiger partial charge in [-0.15, -0.1) is 0 Å². The molecule has 0 aromatic carbocycles. The maximum Gasteiger partial charge on any atom is 0.407 e. The number of carbonyl (C=O) groups excluding carboxylic acids is 1. The number of H-pyrrole nitrogens is 1. The average Bonchev–Trinajstić information content (AvgIpc) is 3.18. The molecule has 8 nitrogen and oxygen atoms in total. The van der Waals surface area contributed by atoms with Crippen LogP contribution >= 0.6 is 0 Å². The molecular weight excluding hydrogens is 332 g/mol. The fourth-order valence-corrected chi connectivity index (χ4v) is 3.20. The summed E-state index contributed by atoms with van der Waals surface area (Å²) in [5, 5.41) is 13.4. The number of rotatable bonds is 5. The van der Waals surface area contributed by atoms with E-state index in [1.165, 1.54) is 0 Å². The van der Waals surface area contributed by atoms with Crippen LogP contribution < -0.4 is 10.6 Å². The third-order valence-corrected chi connectivity index (χ3v) is 4.46. The van der Waals surface area contributed by atoms with E-state index in [-0.39, 0.29) is 18.2 Å². The standard InChI is InChI=1S/C18H26N6O2/c1-10(2)20-18(25)26-14-6-5-13(7-14)15-8-17(24-23-15)22-16-9-19-12(4)21-11(16)3/h8-10,13-14H,5-7H2,1-4H3,(H,20,25)(H2,22,23,24)/t13?,14-/m1/s1. The summed E-state index contributed by atoms with van der Waals surface area (Å²) in [4.78, 5) is 20.3. The number of nitrogens with one attached hydrogen (secondary N) is 3. The largest absolute Gasteiger partial charge is 0.446 e. The number of aromatic nitrogens is 4. The Kier molecular flexibility index (Phi) is 5.39. The van der Waals surface area contributed by atoms with E-state index in [0.29, 0.717) is 5.92 Å². The first-order valence-corrected chi connectivity index (χ1v) is 9.00. The molecule has 0 saturated heterocycles. The molecule has 1 aliphatic rings. The predicted octanol–water partition coefficient (Wildman–Crippen LogP) is 3.33. The van der Waals surface area contributed by atoms with Crippen molar-refractivity contribution in [3.63, 3.8) is 0 Å². The number of anilines is 2. The van der Waals surface area contributed by atoms with Crippen LogP contribution in [0.4, 0.5) is 16.3 Å². The first-order chi connectivity index (χ1) is 12.4. The van der Waals surface area contributed by atoms with Crippen molar-refractivity contribution in [2.45, 2.75) is 65.0 Å². The summed E-state index contributed by atoms with van der Waals surface area (Å²) in [6.45, 7) is 7.63. The van der Waals surface area contributed by atoms with E-state index in [1.807, 2.05) is 33.8 Å². The number of alkyl carbamates (subject to hydrolysis) is 1. The van der Waals surface area contributed by atoms with Gasteiger partial charge in [-0.25, -0.2) is 14.8 Å². The highest BCUT2D eigenvalue weighted by molar-refractivity contribution is 5.67. The lowest BCUT2D eigenvalue weighted by molar-refractivity contribution is 0.0981. The van der Waals surface area contributed by atoms with E-state index >= 15 is 0 Å². The smallest absolute Gasteiger partial charge is 0.407 e. The van der Waals surface area contributed by atoms with Crippen molar-refractivity contribution < 1.29 is 9.53 Å². The van der Waals surface area contributed by atoms with Crippen LogP contribution in [0.2, 0.25) is 0 Å². The highest BCUT2D eigenvalue weighted by Crippen LogP contribution is 2.36. The summed E-state index contributed by atoms with van der Waals surface area (Å²) in [5.74, 6) is 1.79. The molecule has 3 rings (SSSR count). The fourth-order valence-electron chi connectivity index (χ4n) is 3.20. The molecule has 1 aliphatic carbocycles. The number of aromatic amines is 1. The molecule has 3 N–H and O–H groups in total. The summed E-state index contributed by atoms with van der Waals surface area (Å²) in [7, 11) is 0. The summed E-state index contributed by atoms with van der Waals surface area (Å²) in [5.41, 5.74) is 2.77. The molecule has 1 amide bonds. The van der Waals surface area contributed by atoms with Gasteiger partial charge < -0.3 is 15.4 Å². The molecule has 1 unspecified atom stereocenters. The molecule has 26 heavy (non-hydrogen) atoms. The van der Waals surface area contributed by atoms with Crippen LogP contribution in [0.15, 0.2) is 12.3 Å². The minimum Gasteiger partial charge on any atom is -0.446 e. The van der Waals surface area contributed by atoms with Crippen LogP contribution in [0, 0.1) is 13.8 Å². The van der Waals surface area contributed by atoms with E-state index < -0.39 is 0 Å². The maximum atomic E-state index is 11.7. The van der Waals surface area contributed by atoms with Crippen molar-refractivity contribution in [2.75, 3.05) is 5.32 Å². The molecule has 1 saturated carbocycles. The molecule has 2 aromatic rings. The lowest BCUT2D eigenvalue weighted by Crippen LogP contribution is -2.33. The first kappa shape index (κ1) is 18.2. The van der Waals surface area contributed by atoms with Crippen molar-refractivity contribution >= 4 is 17.6 Å². The summed E-state index contributed by atoms with van der Waals surface area (Å²) in [6.07, 6.45) is 4.01. The van der Waals surface area contributed by atoms with Gasteiger partial charge in [-0.1, -0.05) is 0 Å². The fraction of sp³-hybridized carbons (Fsp3) is 0.556. The molecule has 2 aromatic heterocycles. The van der Waals surface area contributed by atoms with Gasteiger partial charge in [0.25, 0.3) is 0 Å². The van der Waals surface area contributed by atoms with Crippen LogP contribution in [0.1, 0.15) is 56.2 Å². The Hall–Kier alpha value is -2.64. The van der Waals surface area contributed by atoms with Gasteiger partial charge in [0.05, 0.1) is 17.6 Å². The Morgan fingerprint density at radius 3 is 2.88 bits per heavy atom. The molecule has 8 heteroatoms. The Morgan fingerprint density at radius 1 is 1.35 bits per heavy atom. The Morgan fingerprint density at radius 2 is 2.15 bits per heavy atom. The zero-order valence-electron chi connectivity index (χ0n) is 15.7. The van der Waals surface area contributed by atoms with E-state index in [4.69, 9.17) is 4.74 Å². The minimum atomic E-state index is -0.340. The predicted molar refractivity (Wildman–Crippen MR) is 98.5 cm³/mol. The van der Waals surface area contributed by atoms with Gasteiger partial charge in [0.15, 0.2) is 5.82 Å². The van der Waals surface area contributed by atoms with E-state index in [2.05, 4.69) is 30.8 Å². The number of ether oxygens (including phenoxy) is 1. The molecular formula is C18H26N6O2. The van der Waals surface area contributed by atoms with Crippen LogP contribution in [-0.2, 0) is 4.74 Å². The van der Waals surface area contributed by atoms with Gasteiger partial charge in [-0.3, -0.25) is 5.10 Å². The highest BCUT2D eigenvalue weighted by Gasteiger charge is 2.30. The monoisotopic (exact) mass is 358 g/mol. The Labute approximate surface area is 153 Å². The first-order valence-electron chi connectivity index (χ1n) is 9.00. The second kappa shape index (κ2) is 7.72. The second-order valence-corrected chi connectivity index (χ2v) is 7.09. The highest BCUT2D eigenvalue weighted by atomic mass is 16.6. The lowest BCUT2D eigenvalue weighted by atomic mass is 10.0. The summed E-state index contributed by atoms with van der Waals surface area (Å²) in [6, 6.07) is 2.08. The number of aryl methyl sites for hydroxylation is 2. The van der Waals surface area contributed by atoms with E-state index in [0.717, 1.165) is 48.0 Å². The number of hydrogen-bond donors (Lipinski definition) is 3. The molecule has 0 radical (unpaired) electrons. The van der Waals surface area contributed by atoms with Crippen molar-refractivity contribution in [1.29, 1.82) is 0 Å². The van der Waals surface area contributed by atoms with Gasteiger partial charge >= 0.3 is 6.09 Å². The Bertz CT molecular complexity index is 773. The van der Waals surface area contributed by atoms with Gasteiger partial charge in [0.2, 0.25) is 0 Å². The SMILES string of the molecule is Cc1ncc(Nc2cc(C3CC[C@@H](OC(=O)NC(C)C)C3)[nH]n2)c(C)n1. The quantitative estimate of drug-likeness (QED) is 0.757. The number of nitrogens with zero attached hydrogens (tertiary/aromatic N) is 3. The summed E-state index contributed by atoms with van der Waals surface area (Å²) >= 11 is 0. The zero-order valence-corrected chi connectivity index (χ0v) is 15.7. The lowest BCUT2D eigenvalue weighted by Gasteiger charge is -2.14. The normalized spacial score (nSPS) is 19.6. The molecule has 2 heterocycles. The third-order valence-electron chi connectivity index (χ3n) is 4.46. The number of carbonyl (C=O) groups is 1. The second-order valence-electron chi connectivity index (χ2n) is 7.09. The van der Waals surface area contributed by atoms with Crippen LogP contribution in [0.5, 0.6) is 0 Å². The molecule has 0 aliphatic heterocycles.